The summed E-state index contributed by atoms with van der Waals surface area (Å²) in [5, 5.41) is 5.95. The van der Waals surface area contributed by atoms with E-state index in [1.807, 2.05) is 0 Å². The first-order valence-electron chi connectivity index (χ1n) is 6.44. The van der Waals surface area contributed by atoms with Crippen molar-refractivity contribution in [3.63, 3.8) is 0 Å². The van der Waals surface area contributed by atoms with Crippen molar-refractivity contribution < 1.29 is 9.59 Å². The molecular formula is C13H16Cl2N4O2. The molecule has 4 N–H and O–H groups in total. The summed E-state index contributed by atoms with van der Waals surface area (Å²) in [6.45, 7) is 2.99. The second-order valence-electron chi connectivity index (χ2n) is 4.85. The molecule has 0 aliphatic carbocycles. The van der Waals surface area contributed by atoms with Gasteiger partial charge in [0.25, 0.3) is 0 Å². The number of carbonyl (C=O) groups is 2. The number of nitrogens with one attached hydrogen (secondary N) is 2. The number of nitrogens with two attached hydrogens (primary N) is 1. The molecule has 0 bridgehead atoms. The maximum atomic E-state index is 12.1. The Labute approximate surface area is 132 Å². The highest BCUT2D eigenvalue weighted by molar-refractivity contribution is 6.40. The monoisotopic (exact) mass is 330 g/mol. The summed E-state index contributed by atoms with van der Waals surface area (Å²) in [5.74, 6) is -0.372. The van der Waals surface area contributed by atoms with Crippen LogP contribution in [0.1, 0.15) is 6.92 Å². The second kappa shape index (κ2) is 6.51. The number of piperazine rings is 1. The Balaban J connectivity index is 2.04. The minimum atomic E-state index is -0.345. The number of anilines is 2. The van der Waals surface area contributed by atoms with E-state index in [0.29, 0.717) is 24.5 Å². The van der Waals surface area contributed by atoms with Crippen LogP contribution in [0.25, 0.3) is 0 Å². The molecule has 1 aliphatic heterocycles. The van der Waals surface area contributed by atoms with Gasteiger partial charge in [-0.05, 0) is 19.1 Å². The smallest absolute Gasteiger partial charge is 0.238 e. The van der Waals surface area contributed by atoms with Crippen molar-refractivity contribution >= 4 is 46.4 Å². The average molecular weight is 331 g/mol. The van der Waals surface area contributed by atoms with Gasteiger partial charge < -0.3 is 16.4 Å². The molecule has 1 atom stereocenters. The minimum Gasteiger partial charge on any atom is -0.399 e. The highest BCUT2D eigenvalue weighted by Gasteiger charge is 2.27. The van der Waals surface area contributed by atoms with E-state index in [1.54, 1.807) is 11.8 Å². The van der Waals surface area contributed by atoms with Crippen molar-refractivity contribution in [3.05, 3.63) is 22.2 Å². The lowest BCUT2D eigenvalue weighted by molar-refractivity contribution is -0.129. The first kappa shape index (κ1) is 15.9. The van der Waals surface area contributed by atoms with Gasteiger partial charge >= 0.3 is 0 Å². The number of hydrogen-bond acceptors (Lipinski definition) is 4. The number of halogens is 2. The van der Waals surface area contributed by atoms with Gasteiger partial charge in [-0.15, -0.1) is 0 Å². The number of nitrogen functional groups attached to an aromatic ring is 1. The van der Waals surface area contributed by atoms with Gasteiger partial charge in [0.2, 0.25) is 11.8 Å². The summed E-state index contributed by atoms with van der Waals surface area (Å²) in [6, 6.07) is 2.68. The Morgan fingerprint density at radius 2 is 2.10 bits per heavy atom. The van der Waals surface area contributed by atoms with Gasteiger partial charge in [-0.3, -0.25) is 14.5 Å². The molecule has 8 heteroatoms. The molecule has 1 unspecified atom stereocenters. The number of amides is 2. The Kier molecular flexibility index (Phi) is 4.92. The summed E-state index contributed by atoms with van der Waals surface area (Å²) >= 11 is 12.0. The lowest BCUT2D eigenvalue weighted by Gasteiger charge is -2.32. The number of rotatable bonds is 3. The Morgan fingerprint density at radius 3 is 2.71 bits per heavy atom. The number of hydrogen-bond donors (Lipinski definition) is 3. The van der Waals surface area contributed by atoms with E-state index in [9.17, 15) is 9.59 Å². The molecule has 6 nitrogen and oxygen atoms in total. The zero-order valence-corrected chi connectivity index (χ0v) is 13.0. The molecule has 1 heterocycles. The molecule has 1 fully saturated rings. The first-order valence-corrected chi connectivity index (χ1v) is 7.20. The normalized spacial score (nSPS) is 19.2. The van der Waals surface area contributed by atoms with E-state index in [4.69, 9.17) is 28.9 Å². The molecule has 0 spiro atoms. The zero-order chi connectivity index (χ0) is 15.6. The van der Waals surface area contributed by atoms with Gasteiger partial charge in [-0.2, -0.15) is 0 Å². The van der Waals surface area contributed by atoms with Gasteiger partial charge in [0.15, 0.2) is 0 Å². The third-order valence-corrected chi connectivity index (χ3v) is 3.90. The maximum absolute atomic E-state index is 12.1. The van der Waals surface area contributed by atoms with Crippen LogP contribution in [0.5, 0.6) is 0 Å². The average Bonchev–Trinajstić information content (AvgIpc) is 2.39. The van der Waals surface area contributed by atoms with Crippen LogP contribution in [0.2, 0.25) is 10.0 Å². The number of carbonyl (C=O) groups excluding carboxylic acids is 2. The van der Waals surface area contributed by atoms with Crippen molar-refractivity contribution in [1.29, 1.82) is 0 Å². The van der Waals surface area contributed by atoms with E-state index in [2.05, 4.69) is 10.6 Å². The quantitative estimate of drug-likeness (QED) is 0.730. The predicted molar refractivity (Wildman–Crippen MR) is 83.5 cm³/mol. The summed E-state index contributed by atoms with van der Waals surface area (Å²) < 4.78 is 0. The highest BCUT2D eigenvalue weighted by atomic mass is 35.5. The second-order valence-corrected chi connectivity index (χ2v) is 5.66. The van der Waals surface area contributed by atoms with Crippen LogP contribution in [-0.4, -0.2) is 42.4 Å². The van der Waals surface area contributed by atoms with Crippen molar-refractivity contribution in [2.45, 2.75) is 13.0 Å². The third-order valence-electron chi connectivity index (χ3n) is 3.30. The molecule has 1 aromatic rings. The molecule has 1 saturated heterocycles. The fourth-order valence-corrected chi connectivity index (χ4v) is 2.72. The van der Waals surface area contributed by atoms with Gasteiger partial charge in [0, 0.05) is 18.8 Å². The van der Waals surface area contributed by atoms with Crippen molar-refractivity contribution in [2.75, 3.05) is 30.7 Å². The lowest BCUT2D eigenvalue weighted by atomic mass is 10.2. The first-order chi connectivity index (χ1) is 9.88. The predicted octanol–water partition coefficient (Wildman–Crippen LogP) is 1.33. The largest absolute Gasteiger partial charge is 0.399 e. The van der Waals surface area contributed by atoms with E-state index >= 15 is 0 Å². The van der Waals surface area contributed by atoms with E-state index in [0.717, 1.165) is 0 Å². The molecule has 2 rings (SSSR count). The van der Waals surface area contributed by atoms with E-state index in [1.165, 1.54) is 12.1 Å². The summed E-state index contributed by atoms with van der Waals surface area (Å²) in [5.41, 5.74) is 6.35. The van der Waals surface area contributed by atoms with E-state index in [-0.39, 0.29) is 34.4 Å². The van der Waals surface area contributed by atoms with Gasteiger partial charge in [0.1, 0.15) is 0 Å². The third kappa shape index (κ3) is 3.78. The SMILES string of the molecule is CC1C(=O)NCCN1CC(=O)Nc1c(Cl)cc(N)cc1Cl. The van der Waals surface area contributed by atoms with Gasteiger partial charge in [0.05, 0.1) is 28.3 Å². The Bertz CT molecular complexity index is 556. The van der Waals surface area contributed by atoms with Crippen LogP contribution < -0.4 is 16.4 Å². The van der Waals surface area contributed by atoms with Crippen LogP contribution >= 0.6 is 23.2 Å². The lowest BCUT2D eigenvalue weighted by Crippen LogP contribution is -2.55. The van der Waals surface area contributed by atoms with Crippen molar-refractivity contribution in [3.8, 4) is 0 Å². The van der Waals surface area contributed by atoms with Crippen LogP contribution in [-0.2, 0) is 9.59 Å². The van der Waals surface area contributed by atoms with Crippen molar-refractivity contribution in [2.24, 2.45) is 0 Å². The summed E-state index contributed by atoms with van der Waals surface area (Å²) in [6.07, 6.45) is 0. The summed E-state index contributed by atoms with van der Waals surface area (Å²) in [7, 11) is 0. The van der Waals surface area contributed by atoms with Crippen LogP contribution in [0.4, 0.5) is 11.4 Å². The molecule has 1 aliphatic rings. The molecule has 2 amide bonds. The molecular weight excluding hydrogens is 315 g/mol. The Hall–Kier alpha value is -1.50. The molecule has 0 aromatic heterocycles. The fourth-order valence-electron chi connectivity index (χ4n) is 2.12. The summed E-state index contributed by atoms with van der Waals surface area (Å²) in [4.78, 5) is 25.4. The number of nitrogens with zero attached hydrogens (tertiary/aromatic N) is 1. The molecule has 21 heavy (non-hydrogen) atoms. The van der Waals surface area contributed by atoms with Gasteiger partial charge in [-0.1, -0.05) is 23.2 Å². The Morgan fingerprint density at radius 1 is 1.48 bits per heavy atom. The van der Waals surface area contributed by atoms with E-state index < -0.39 is 0 Å². The maximum Gasteiger partial charge on any atom is 0.238 e. The van der Waals surface area contributed by atoms with Crippen LogP contribution in [0.15, 0.2) is 12.1 Å². The molecule has 0 saturated carbocycles. The standard InChI is InChI=1S/C13H16Cl2N4O2/c1-7-13(21)17-2-3-19(7)6-11(20)18-12-9(14)4-8(16)5-10(12)15/h4-5,7H,2-3,6,16H2,1H3,(H,17,21)(H,18,20). The molecule has 1 aromatic carbocycles. The number of benzene rings is 1. The fraction of sp³-hybridized carbons (Fsp3) is 0.385. The van der Waals surface area contributed by atoms with Gasteiger partial charge in [-0.25, -0.2) is 0 Å². The topological polar surface area (TPSA) is 87.5 Å². The van der Waals surface area contributed by atoms with Crippen LogP contribution in [0, 0.1) is 0 Å². The zero-order valence-electron chi connectivity index (χ0n) is 11.5. The highest BCUT2D eigenvalue weighted by Crippen LogP contribution is 2.32. The molecule has 114 valence electrons. The van der Waals surface area contributed by atoms with Crippen LogP contribution in [0.3, 0.4) is 0 Å². The van der Waals surface area contributed by atoms with Crippen molar-refractivity contribution in [1.82, 2.24) is 10.2 Å². The molecule has 0 radical (unpaired) electrons. The minimum absolute atomic E-state index is 0.0856.